The summed E-state index contributed by atoms with van der Waals surface area (Å²) in [6, 6.07) is 1.84. The lowest BCUT2D eigenvalue weighted by atomic mass is 10.2. The second kappa shape index (κ2) is 5.66. The molecule has 1 aliphatic rings. The monoisotopic (exact) mass is 233 g/mol. The van der Waals surface area contributed by atoms with Gasteiger partial charge in [-0.3, -0.25) is 9.78 Å². The third kappa shape index (κ3) is 2.75. The first-order valence-corrected chi connectivity index (χ1v) is 6.24. The summed E-state index contributed by atoms with van der Waals surface area (Å²) in [5.74, 6) is 0.101. The Labute approximate surface area is 102 Å². The van der Waals surface area contributed by atoms with Gasteiger partial charge in [-0.2, -0.15) is 0 Å². The molecule has 17 heavy (non-hydrogen) atoms. The molecule has 1 N–H and O–H groups in total. The van der Waals surface area contributed by atoms with Crippen LogP contribution in [0.25, 0.3) is 0 Å². The zero-order chi connectivity index (χ0) is 12.1. The Bertz CT molecular complexity index is 384. The Morgan fingerprint density at radius 2 is 2.00 bits per heavy atom. The third-order valence-corrected chi connectivity index (χ3v) is 3.21. The van der Waals surface area contributed by atoms with Gasteiger partial charge in [-0.1, -0.05) is 12.8 Å². The SMILES string of the molecule is CNc1ccncc1C(=O)N1CCCCCC1. The van der Waals surface area contributed by atoms with Crippen LogP contribution in [0, 0.1) is 0 Å². The van der Waals surface area contributed by atoms with E-state index in [2.05, 4.69) is 10.3 Å². The average Bonchev–Trinajstić information content (AvgIpc) is 2.66. The van der Waals surface area contributed by atoms with Gasteiger partial charge < -0.3 is 10.2 Å². The van der Waals surface area contributed by atoms with Crippen LogP contribution in [0.3, 0.4) is 0 Å². The van der Waals surface area contributed by atoms with Gasteiger partial charge in [0.25, 0.3) is 5.91 Å². The standard InChI is InChI=1S/C13H19N3O/c1-14-12-6-7-15-10-11(12)13(17)16-8-4-2-3-5-9-16/h6-7,10H,2-5,8-9H2,1H3,(H,14,15). The second-order valence-corrected chi connectivity index (χ2v) is 4.38. The van der Waals surface area contributed by atoms with Gasteiger partial charge in [-0.15, -0.1) is 0 Å². The first-order chi connectivity index (χ1) is 8.33. The number of pyridine rings is 1. The first kappa shape index (κ1) is 11.9. The maximum absolute atomic E-state index is 12.4. The van der Waals surface area contributed by atoms with Crippen LogP contribution in [0.1, 0.15) is 36.0 Å². The Morgan fingerprint density at radius 1 is 1.29 bits per heavy atom. The fraction of sp³-hybridized carbons (Fsp3) is 0.538. The molecule has 0 saturated carbocycles. The van der Waals surface area contributed by atoms with Crippen LogP contribution in [0.4, 0.5) is 5.69 Å². The van der Waals surface area contributed by atoms with Crippen molar-refractivity contribution in [2.24, 2.45) is 0 Å². The van der Waals surface area contributed by atoms with Crippen LogP contribution in [-0.4, -0.2) is 35.9 Å². The number of likely N-dealkylation sites (tertiary alicyclic amines) is 1. The molecule has 4 heteroatoms. The van der Waals surface area contributed by atoms with Crippen LogP contribution < -0.4 is 5.32 Å². The van der Waals surface area contributed by atoms with Gasteiger partial charge in [-0.25, -0.2) is 0 Å². The van der Waals surface area contributed by atoms with Gasteiger partial charge in [0.05, 0.1) is 5.56 Å². The number of hydrogen-bond acceptors (Lipinski definition) is 3. The molecule has 92 valence electrons. The molecule has 0 radical (unpaired) electrons. The summed E-state index contributed by atoms with van der Waals surface area (Å²) in [7, 11) is 1.83. The van der Waals surface area contributed by atoms with Crippen molar-refractivity contribution in [2.45, 2.75) is 25.7 Å². The number of rotatable bonds is 2. The molecule has 2 rings (SSSR count). The molecule has 1 aliphatic heterocycles. The first-order valence-electron chi connectivity index (χ1n) is 6.24. The Kier molecular flexibility index (Phi) is 3.96. The van der Waals surface area contributed by atoms with Gasteiger partial charge in [0.15, 0.2) is 0 Å². The Morgan fingerprint density at radius 3 is 2.65 bits per heavy atom. The number of aromatic nitrogens is 1. The molecular weight excluding hydrogens is 214 g/mol. The average molecular weight is 233 g/mol. The smallest absolute Gasteiger partial charge is 0.257 e. The predicted molar refractivity (Wildman–Crippen MR) is 68.2 cm³/mol. The van der Waals surface area contributed by atoms with E-state index in [1.165, 1.54) is 12.8 Å². The van der Waals surface area contributed by atoms with Crippen LogP contribution in [0.15, 0.2) is 18.5 Å². The number of carbonyl (C=O) groups excluding carboxylic acids is 1. The predicted octanol–water partition coefficient (Wildman–Crippen LogP) is 2.14. The van der Waals surface area contributed by atoms with Crippen molar-refractivity contribution in [2.75, 3.05) is 25.5 Å². The quantitative estimate of drug-likeness (QED) is 0.851. The Hall–Kier alpha value is -1.58. The highest BCUT2D eigenvalue weighted by atomic mass is 16.2. The van der Waals surface area contributed by atoms with E-state index in [0.717, 1.165) is 31.6 Å². The fourth-order valence-corrected chi connectivity index (χ4v) is 2.23. The summed E-state index contributed by atoms with van der Waals surface area (Å²) < 4.78 is 0. The summed E-state index contributed by atoms with van der Waals surface area (Å²) in [4.78, 5) is 18.4. The summed E-state index contributed by atoms with van der Waals surface area (Å²) in [5.41, 5.74) is 1.53. The van der Waals surface area contributed by atoms with Gasteiger partial charge in [0.1, 0.15) is 0 Å². The van der Waals surface area contributed by atoms with E-state index in [4.69, 9.17) is 0 Å². The van der Waals surface area contributed by atoms with Crippen molar-refractivity contribution in [3.63, 3.8) is 0 Å². The second-order valence-electron chi connectivity index (χ2n) is 4.38. The van der Waals surface area contributed by atoms with Crippen molar-refractivity contribution in [1.82, 2.24) is 9.88 Å². The van der Waals surface area contributed by atoms with E-state index < -0.39 is 0 Å². The molecule has 0 aromatic carbocycles. The number of nitrogens with zero attached hydrogens (tertiary/aromatic N) is 2. The topological polar surface area (TPSA) is 45.2 Å². The minimum absolute atomic E-state index is 0.101. The highest BCUT2D eigenvalue weighted by Gasteiger charge is 2.19. The number of carbonyl (C=O) groups is 1. The number of hydrogen-bond donors (Lipinski definition) is 1. The molecule has 1 aromatic rings. The van der Waals surface area contributed by atoms with E-state index in [-0.39, 0.29) is 5.91 Å². The third-order valence-electron chi connectivity index (χ3n) is 3.21. The highest BCUT2D eigenvalue weighted by molar-refractivity contribution is 5.99. The molecule has 0 atom stereocenters. The Balaban J connectivity index is 2.17. The molecule has 1 amide bonds. The lowest BCUT2D eigenvalue weighted by Crippen LogP contribution is -2.32. The molecule has 4 nitrogen and oxygen atoms in total. The van der Waals surface area contributed by atoms with E-state index in [9.17, 15) is 4.79 Å². The minimum atomic E-state index is 0.101. The number of nitrogens with one attached hydrogen (secondary N) is 1. The summed E-state index contributed by atoms with van der Waals surface area (Å²) in [5, 5.41) is 3.04. The molecular formula is C13H19N3O. The largest absolute Gasteiger partial charge is 0.387 e. The minimum Gasteiger partial charge on any atom is -0.387 e. The van der Waals surface area contributed by atoms with Crippen LogP contribution in [0.2, 0.25) is 0 Å². The molecule has 0 aliphatic carbocycles. The summed E-state index contributed by atoms with van der Waals surface area (Å²) in [6.45, 7) is 1.74. The zero-order valence-corrected chi connectivity index (χ0v) is 10.3. The molecule has 1 saturated heterocycles. The van der Waals surface area contributed by atoms with Gasteiger partial charge in [0, 0.05) is 38.2 Å². The maximum atomic E-state index is 12.4. The molecule has 0 spiro atoms. The maximum Gasteiger partial charge on any atom is 0.257 e. The lowest BCUT2D eigenvalue weighted by Gasteiger charge is -2.21. The van der Waals surface area contributed by atoms with E-state index in [1.54, 1.807) is 12.4 Å². The molecule has 1 aromatic heterocycles. The van der Waals surface area contributed by atoms with Gasteiger partial charge in [0.2, 0.25) is 0 Å². The molecule has 1 fully saturated rings. The number of amides is 1. The zero-order valence-electron chi connectivity index (χ0n) is 10.3. The molecule has 0 unspecified atom stereocenters. The molecule has 0 bridgehead atoms. The van der Waals surface area contributed by atoms with E-state index >= 15 is 0 Å². The van der Waals surface area contributed by atoms with Gasteiger partial charge >= 0.3 is 0 Å². The van der Waals surface area contributed by atoms with Crippen molar-refractivity contribution >= 4 is 11.6 Å². The van der Waals surface area contributed by atoms with E-state index in [0.29, 0.717) is 5.56 Å². The molecule has 2 heterocycles. The fourth-order valence-electron chi connectivity index (χ4n) is 2.23. The van der Waals surface area contributed by atoms with Crippen LogP contribution >= 0.6 is 0 Å². The van der Waals surface area contributed by atoms with Crippen LogP contribution in [-0.2, 0) is 0 Å². The number of anilines is 1. The van der Waals surface area contributed by atoms with Crippen molar-refractivity contribution in [3.8, 4) is 0 Å². The lowest BCUT2D eigenvalue weighted by molar-refractivity contribution is 0.0762. The van der Waals surface area contributed by atoms with Crippen molar-refractivity contribution in [3.05, 3.63) is 24.0 Å². The van der Waals surface area contributed by atoms with Crippen LogP contribution in [0.5, 0.6) is 0 Å². The normalized spacial score (nSPS) is 16.4. The van der Waals surface area contributed by atoms with Crippen molar-refractivity contribution in [1.29, 1.82) is 0 Å². The van der Waals surface area contributed by atoms with Gasteiger partial charge in [-0.05, 0) is 18.9 Å². The highest BCUT2D eigenvalue weighted by Crippen LogP contribution is 2.18. The van der Waals surface area contributed by atoms with E-state index in [1.807, 2.05) is 18.0 Å². The summed E-state index contributed by atoms with van der Waals surface area (Å²) in [6.07, 6.45) is 8.04. The summed E-state index contributed by atoms with van der Waals surface area (Å²) >= 11 is 0. The van der Waals surface area contributed by atoms with Crippen molar-refractivity contribution < 1.29 is 4.79 Å².